The highest BCUT2D eigenvalue weighted by Crippen LogP contribution is 2.17. The van der Waals surface area contributed by atoms with Gasteiger partial charge in [-0.05, 0) is 25.0 Å². The van der Waals surface area contributed by atoms with Crippen LogP contribution in [0.25, 0.3) is 0 Å². The van der Waals surface area contributed by atoms with Gasteiger partial charge in [0.1, 0.15) is 5.82 Å². The molecular formula is C14H22N4O2. The van der Waals surface area contributed by atoms with Gasteiger partial charge in [0.05, 0.1) is 0 Å². The number of hydrogen-bond donors (Lipinski definition) is 3. The fourth-order valence-electron chi connectivity index (χ4n) is 1.65. The van der Waals surface area contributed by atoms with Crippen LogP contribution in [0.2, 0.25) is 0 Å². The Bertz CT molecular complexity index is 486. The van der Waals surface area contributed by atoms with Crippen molar-refractivity contribution in [2.24, 2.45) is 5.73 Å². The molecular weight excluding hydrogens is 256 g/mol. The summed E-state index contributed by atoms with van der Waals surface area (Å²) in [7, 11) is 0. The van der Waals surface area contributed by atoms with Crippen LogP contribution in [0.15, 0.2) is 12.1 Å². The van der Waals surface area contributed by atoms with Gasteiger partial charge in [0.2, 0.25) is 5.91 Å². The Balaban J connectivity index is 2.86. The average molecular weight is 278 g/mol. The van der Waals surface area contributed by atoms with E-state index in [-0.39, 0.29) is 24.8 Å². The first-order valence-corrected chi connectivity index (χ1v) is 6.76. The van der Waals surface area contributed by atoms with Gasteiger partial charge in [-0.1, -0.05) is 13.8 Å². The smallest absolute Gasteiger partial charge is 0.251 e. The van der Waals surface area contributed by atoms with Crippen LogP contribution in [0, 0.1) is 0 Å². The minimum Gasteiger partial charge on any atom is -0.370 e. The number of nitrogens with zero attached hydrogens (tertiary/aromatic N) is 1. The fraction of sp³-hybridized carbons (Fsp3) is 0.500. The quantitative estimate of drug-likeness (QED) is 0.699. The van der Waals surface area contributed by atoms with Crippen molar-refractivity contribution < 1.29 is 9.59 Å². The van der Waals surface area contributed by atoms with Crippen molar-refractivity contribution in [1.82, 2.24) is 10.3 Å². The number of amides is 2. The predicted molar refractivity (Wildman–Crippen MR) is 78.6 cm³/mol. The second kappa shape index (κ2) is 7.47. The molecule has 6 nitrogen and oxygen atoms in total. The van der Waals surface area contributed by atoms with E-state index in [0.717, 1.165) is 12.2 Å². The van der Waals surface area contributed by atoms with Gasteiger partial charge in [0, 0.05) is 30.8 Å². The van der Waals surface area contributed by atoms with Crippen molar-refractivity contribution in [1.29, 1.82) is 0 Å². The summed E-state index contributed by atoms with van der Waals surface area (Å²) in [5, 5.41) is 5.78. The molecule has 0 bridgehead atoms. The Hall–Kier alpha value is -2.11. The molecule has 0 fully saturated rings. The Morgan fingerprint density at radius 2 is 2.05 bits per heavy atom. The Labute approximate surface area is 119 Å². The maximum absolute atomic E-state index is 12.0. The van der Waals surface area contributed by atoms with Crippen LogP contribution < -0.4 is 16.4 Å². The highest BCUT2D eigenvalue weighted by Gasteiger charge is 2.11. The summed E-state index contributed by atoms with van der Waals surface area (Å²) < 4.78 is 0. The van der Waals surface area contributed by atoms with E-state index in [1.807, 2.05) is 20.8 Å². The molecule has 20 heavy (non-hydrogen) atoms. The summed E-state index contributed by atoms with van der Waals surface area (Å²) in [6.07, 6.45) is 0.133. The molecule has 1 aromatic heterocycles. The van der Waals surface area contributed by atoms with Gasteiger partial charge >= 0.3 is 0 Å². The third-order valence-corrected chi connectivity index (χ3v) is 2.71. The van der Waals surface area contributed by atoms with Gasteiger partial charge in [-0.15, -0.1) is 0 Å². The zero-order chi connectivity index (χ0) is 15.1. The first-order valence-electron chi connectivity index (χ1n) is 6.76. The molecule has 0 spiro atoms. The molecule has 110 valence electrons. The van der Waals surface area contributed by atoms with E-state index >= 15 is 0 Å². The summed E-state index contributed by atoms with van der Waals surface area (Å²) >= 11 is 0. The topological polar surface area (TPSA) is 97.1 Å². The van der Waals surface area contributed by atoms with Crippen molar-refractivity contribution in [3.63, 3.8) is 0 Å². The summed E-state index contributed by atoms with van der Waals surface area (Å²) in [6, 6.07) is 3.47. The number of nitrogens with two attached hydrogens (primary N) is 1. The van der Waals surface area contributed by atoms with E-state index in [1.54, 1.807) is 12.1 Å². The van der Waals surface area contributed by atoms with Gasteiger partial charge in [-0.3, -0.25) is 9.59 Å². The molecule has 0 aliphatic carbocycles. The molecule has 2 amide bonds. The zero-order valence-corrected chi connectivity index (χ0v) is 12.2. The Morgan fingerprint density at radius 1 is 1.35 bits per heavy atom. The van der Waals surface area contributed by atoms with E-state index in [9.17, 15) is 9.59 Å². The van der Waals surface area contributed by atoms with Crippen molar-refractivity contribution >= 4 is 17.6 Å². The molecule has 0 aliphatic heterocycles. The predicted octanol–water partition coefficient (Wildman–Crippen LogP) is 1.24. The number of hydrogen-bond acceptors (Lipinski definition) is 4. The number of rotatable bonds is 7. The maximum Gasteiger partial charge on any atom is 0.251 e. The fourth-order valence-corrected chi connectivity index (χ4v) is 1.65. The highest BCUT2D eigenvalue weighted by atomic mass is 16.2. The van der Waals surface area contributed by atoms with Crippen molar-refractivity contribution in [3.8, 4) is 0 Å². The second-order valence-corrected chi connectivity index (χ2v) is 4.82. The lowest BCUT2D eigenvalue weighted by atomic mass is 10.1. The number of aromatic nitrogens is 1. The molecule has 0 saturated carbocycles. The monoisotopic (exact) mass is 278 g/mol. The summed E-state index contributed by atoms with van der Waals surface area (Å²) in [5.74, 6) is 0.246. The second-order valence-electron chi connectivity index (χ2n) is 4.82. The van der Waals surface area contributed by atoms with Gasteiger partial charge in [0.25, 0.3) is 5.91 Å². The summed E-state index contributed by atoms with van der Waals surface area (Å²) in [5.41, 5.74) is 6.42. The normalized spacial score (nSPS) is 10.4. The molecule has 0 aromatic carbocycles. The minimum atomic E-state index is -0.434. The highest BCUT2D eigenvalue weighted by molar-refractivity contribution is 5.95. The lowest BCUT2D eigenvalue weighted by molar-refractivity contribution is -0.117. The van der Waals surface area contributed by atoms with Crippen molar-refractivity contribution in [3.05, 3.63) is 23.4 Å². The number of pyridine rings is 1. The third kappa shape index (κ3) is 4.87. The van der Waals surface area contributed by atoms with Crippen LogP contribution in [0.1, 0.15) is 49.2 Å². The lowest BCUT2D eigenvalue weighted by Crippen LogP contribution is -2.28. The molecule has 0 saturated heterocycles. The third-order valence-electron chi connectivity index (χ3n) is 2.71. The summed E-state index contributed by atoms with van der Waals surface area (Å²) in [4.78, 5) is 27.1. The van der Waals surface area contributed by atoms with Crippen LogP contribution in [0.5, 0.6) is 0 Å². The number of nitrogens with one attached hydrogen (secondary N) is 2. The van der Waals surface area contributed by atoms with E-state index in [2.05, 4.69) is 15.6 Å². The molecule has 0 radical (unpaired) electrons. The molecule has 6 heteroatoms. The number of carbonyl (C=O) groups excluding carboxylic acids is 2. The van der Waals surface area contributed by atoms with Crippen LogP contribution in [0.3, 0.4) is 0 Å². The molecule has 0 aliphatic rings. The largest absolute Gasteiger partial charge is 0.370 e. The van der Waals surface area contributed by atoms with Crippen LogP contribution in [-0.2, 0) is 4.79 Å². The van der Waals surface area contributed by atoms with Crippen LogP contribution in [-0.4, -0.2) is 29.9 Å². The Morgan fingerprint density at radius 3 is 2.60 bits per heavy atom. The first kappa shape index (κ1) is 15.9. The molecule has 0 atom stereocenters. The van der Waals surface area contributed by atoms with E-state index in [1.165, 1.54) is 0 Å². The van der Waals surface area contributed by atoms with Gasteiger partial charge in [0.15, 0.2) is 0 Å². The van der Waals surface area contributed by atoms with E-state index in [4.69, 9.17) is 5.73 Å². The molecule has 1 rings (SSSR count). The molecule has 4 N–H and O–H groups in total. The lowest BCUT2D eigenvalue weighted by Gasteiger charge is -2.12. The summed E-state index contributed by atoms with van der Waals surface area (Å²) in [6.45, 7) is 6.98. The van der Waals surface area contributed by atoms with Gasteiger partial charge in [-0.2, -0.15) is 0 Å². The number of anilines is 1. The number of primary amides is 1. The van der Waals surface area contributed by atoms with Crippen LogP contribution >= 0.6 is 0 Å². The van der Waals surface area contributed by atoms with E-state index in [0.29, 0.717) is 11.4 Å². The van der Waals surface area contributed by atoms with Gasteiger partial charge in [-0.25, -0.2) is 4.98 Å². The molecule has 1 heterocycles. The SMILES string of the molecule is CCNc1cc(C(=O)NCCC(N)=O)cc(C(C)C)n1. The van der Waals surface area contributed by atoms with Gasteiger partial charge < -0.3 is 16.4 Å². The standard InChI is InChI=1S/C14H22N4O2/c1-4-16-13-8-10(7-11(18-13)9(2)3)14(20)17-6-5-12(15)19/h7-9H,4-6H2,1-3H3,(H2,15,19)(H,16,18)(H,17,20). The molecule has 1 aromatic rings. The average Bonchev–Trinajstić information content (AvgIpc) is 2.38. The van der Waals surface area contributed by atoms with E-state index < -0.39 is 5.91 Å². The maximum atomic E-state index is 12.0. The molecule has 0 unspecified atom stereocenters. The Kier molecular flexibility index (Phi) is 5.96. The minimum absolute atomic E-state index is 0.133. The zero-order valence-electron chi connectivity index (χ0n) is 12.2. The van der Waals surface area contributed by atoms with Crippen molar-refractivity contribution in [2.45, 2.75) is 33.1 Å². The first-order chi connectivity index (χ1) is 9.43. The van der Waals surface area contributed by atoms with Crippen molar-refractivity contribution in [2.75, 3.05) is 18.4 Å². The number of carbonyl (C=O) groups is 2. The van der Waals surface area contributed by atoms with Crippen LogP contribution in [0.4, 0.5) is 5.82 Å².